The molecular weight excluding hydrogens is 373 g/mol. The van der Waals surface area contributed by atoms with Crippen LogP contribution >= 0.6 is 0 Å². The molecule has 2 rings (SSSR count). The van der Waals surface area contributed by atoms with Gasteiger partial charge in [0.15, 0.2) is 4.90 Å². The molecule has 1 saturated heterocycles. The van der Waals surface area contributed by atoms with Gasteiger partial charge in [0.2, 0.25) is 10.0 Å². The van der Waals surface area contributed by atoms with Gasteiger partial charge in [0.05, 0.1) is 12.8 Å². The number of para-hydroxylation sites is 1. The number of sulfonamides is 1. The number of carboxylic acid groups (broad SMARTS) is 1. The van der Waals surface area contributed by atoms with Crippen molar-refractivity contribution in [2.75, 3.05) is 13.1 Å². The molecule has 1 aromatic rings. The van der Waals surface area contributed by atoms with E-state index in [1.165, 1.54) is 18.2 Å². The number of hydrogen-bond acceptors (Lipinski definition) is 6. The van der Waals surface area contributed by atoms with Crippen LogP contribution in [0.2, 0.25) is 6.32 Å². The van der Waals surface area contributed by atoms with Gasteiger partial charge in [0, 0.05) is 25.1 Å². The molecule has 0 bridgehead atoms. The number of rotatable bonds is 9. The maximum Gasteiger partial charge on any atom is 0.324 e. The Morgan fingerprint density at radius 2 is 2.07 bits per heavy atom. The Bertz CT molecular complexity index is 818. The zero-order chi connectivity index (χ0) is 20.2. The molecular formula is C16H22BN3O6S. The molecule has 0 spiro atoms. The molecule has 146 valence electrons. The summed E-state index contributed by atoms with van der Waals surface area (Å²) in [4.78, 5) is 21.8. The van der Waals surface area contributed by atoms with Crippen LogP contribution in [0.5, 0.6) is 0 Å². The number of unbranched alkanes of at least 4 members (excludes halogenated alkanes) is 1. The van der Waals surface area contributed by atoms with Gasteiger partial charge in [0.1, 0.15) is 5.54 Å². The number of nitro benzene ring substituents is 1. The van der Waals surface area contributed by atoms with Gasteiger partial charge in [-0.3, -0.25) is 14.9 Å². The number of aliphatic carboxylic acids is 1. The standard InChI is InChI=1S/C16H22BN3O6S/c17-9-4-3-8-16(18,15(21)22)12-7-10-19(11-12)27(25,26)14-6-2-1-5-13(14)20(23)24/h1-2,5-6,12H,3-4,7-11,18H2,(H,21,22). The van der Waals surface area contributed by atoms with Crippen molar-refractivity contribution in [1.82, 2.24) is 4.31 Å². The first-order valence-corrected chi connectivity index (χ1v) is 10.0. The normalized spacial score (nSPS) is 20.3. The molecule has 0 saturated carbocycles. The van der Waals surface area contributed by atoms with E-state index < -0.39 is 43.0 Å². The fourth-order valence-corrected chi connectivity index (χ4v) is 5.04. The van der Waals surface area contributed by atoms with Gasteiger partial charge in [-0.1, -0.05) is 31.3 Å². The number of carbonyl (C=O) groups is 1. The number of benzene rings is 1. The zero-order valence-corrected chi connectivity index (χ0v) is 15.6. The van der Waals surface area contributed by atoms with Crippen LogP contribution in [-0.2, 0) is 14.8 Å². The highest BCUT2D eigenvalue weighted by Crippen LogP contribution is 2.35. The van der Waals surface area contributed by atoms with Crippen molar-refractivity contribution in [2.45, 2.75) is 42.4 Å². The molecule has 1 aliphatic rings. The van der Waals surface area contributed by atoms with Gasteiger partial charge in [-0.25, -0.2) is 8.42 Å². The van der Waals surface area contributed by atoms with E-state index in [9.17, 15) is 28.4 Å². The molecule has 2 atom stereocenters. The lowest BCUT2D eigenvalue weighted by Crippen LogP contribution is -2.55. The summed E-state index contributed by atoms with van der Waals surface area (Å²) in [5.74, 6) is -1.78. The van der Waals surface area contributed by atoms with Crippen molar-refractivity contribution in [1.29, 1.82) is 0 Å². The molecule has 1 aromatic carbocycles. The van der Waals surface area contributed by atoms with Gasteiger partial charge in [-0.05, 0) is 18.9 Å². The maximum absolute atomic E-state index is 12.9. The fraction of sp³-hybridized carbons (Fsp3) is 0.562. The van der Waals surface area contributed by atoms with Crippen molar-refractivity contribution in [2.24, 2.45) is 11.7 Å². The zero-order valence-electron chi connectivity index (χ0n) is 14.8. The Hall–Kier alpha value is -1.98. The van der Waals surface area contributed by atoms with E-state index in [2.05, 4.69) is 0 Å². The van der Waals surface area contributed by atoms with Gasteiger partial charge in [-0.15, -0.1) is 0 Å². The SMILES string of the molecule is [B]CCCCC(N)(C(=O)O)C1CCN(S(=O)(=O)c2ccccc2[N+](=O)[O-])C1. The third-order valence-corrected chi connectivity index (χ3v) is 6.91. The third-order valence-electron chi connectivity index (χ3n) is 5.00. The minimum atomic E-state index is -4.14. The molecule has 0 amide bonds. The average Bonchev–Trinajstić information content (AvgIpc) is 3.13. The van der Waals surface area contributed by atoms with E-state index >= 15 is 0 Å². The Morgan fingerprint density at radius 3 is 2.67 bits per heavy atom. The molecule has 3 N–H and O–H groups in total. The van der Waals surface area contributed by atoms with Crippen molar-refractivity contribution < 1.29 is 23.2 Å². The van der Waals surface area contributed by atoms with E-state index in [4.69, 9.17) is 13.6 Å². The average molecular weight is 395 g/mol. The fourth-order valence-electron chi connectivity index (χ4n) is 3.38. The minimum Gasteiger partial charge on any atom is -0.480 e. The third kappa shape index (κ3) is 4.31. The number of nitrogens with zero attached hydrogens (tertiary/aromatic N) is 2. The van der Waals surface area contributed by atoms with E-state index in [0.717, 1.165) is 10.4 Å². The lowest BCUT2D eigenvalue weighted by atomic mass is 9.79. The predicted molar refractivity (Wildman–Crippen MR) is 98.9 cm³/mol. The van der Waals surface area contributed by atoms with E-state index in [0.29, 0.717) is 19.2 Å². The van der Waals surface area contributed by atoms with E-state index in [1.807, 2.05) is 0 Å². The van der Waals surface area contributed by atoms with Gasteiger partial charge >= 0.3 is 5.97 Å². The summed E-state index contributed by atoms with van der Waals surface area (Å²) in [5, 5.41) is 20.8. The highest BCUT2D eigenvalue weighted by Gasteiger charge is 2.47. The Labute approximate surface area is 159 Å². The highest BCUT2D eigenvalue weighted by atomic mass is 32.2. The molecule has 9 nitrogen and oxygen atoms in total. The quantitative estimate of drug-likeness (QED) is 0.276. The monoisotopic (exact) mass is 395 g/mol. The minimum absolute atomic E-state index is 0.0577. The largest absolute Gasteiger partial charge is 0.480 e. The molecule has 1 aliphatic heterocycles. The van der Waals surface area contributed by atoms with Crippen molar-refractivity contribution in [3.63, 3.8) is 0 Å². The lowest BCUT2D eigenvalue weighted by Gasteiger charge is -2.31. The summed E-state index contributed by atoms with van der Waals surface area (Å²) < 4.78 is 26.8. The Balaban J connectivity index is 2.26. The second-order valence-electron chi connectivity index (χ2n) is 6.66. The van der Waals surface area contributed by atoms with Crippen LogP contribution in [0.3, 0.4) is 0 Å². The van der Waals surface area contributed by atoms with Crippen LogP contribution in [-0.4, -0.2) is 55.2 Å². The summed E-state index contributed by atoms with van der Waals surface area (Å²) in [6.07, 6.45) is 2.01. The van der Waals surface area contributed by atoms with E-state index in [-0.39, 0.29) is 25.9 Å². The van der Waals surface area contributed by atoms with Gasteiger partial charge < -0.3 is 10.8 Å². The van der Waals surface area contributed by atoms with Crippen molar-refractivity contribution >= 4 is 29.5 Å². The molecule has 0 aliphatic carbocycles. The first-order chi connectivity index (χ1) is 12.6. The van der Waals surface area contributed by atoms with Crippen LogP contribution in [0.15, 0.2) is 29.2 Å². The summed E-state index contributed by atoms with van der Waals surface area (Å²) in [6, 6.07) is 5.09. The highest BCUT2D eigenvalue weighted by molar-refractivity contribution is 7.89. The Kier molecular flexibility index (Phi) is 6.61. The molecule has 0 aromatic heterocycles. The molecule has 11 heteroatoms. The molecule has 2 radical (unpaired) electrons. The van der Waals surface area contributed by atoms with Crippen LogP contribution < -0.4 is 5.73 Å². The first kappa shape index (κ1) is 21.3. The van der Waals surface area contributed by atoms with Crippen molar-refractivity contribution in [3.8, 4) is 0 Å². The Morgan fingerprint density at radius 1 is 1.41 bits per heavy atom. The topological polar surface area (TPSA) is 144 Å². The maximum atomic E-state index is 12.9. The molecule has 1 fully saturated rings. The summed E-state index contributed by atoms with van der Waals surface area (Å²) in [7, 11) is 1.30. The van der Waals surface area contributed by atoms with Gasteiger partial charge in [0.25, 0.3) is 5.69 Å². The van der Waals surface area contributed by atoms with E-state index in [1.54, 1.807) is 0 Å². The van der Waals surface area contributed by atoms with Crippen molar-refractivity contribution in [3.05, 3.63) is 34.4 Å². The predicted octanol–water partition coefficient (Wildman–Crippen LogP) is 1.14. The summed E-state index contributed by atoms with van der Waals surface area (Å²) >= 11 is 0. The summed E-state index contributed by atoms with van der Waals surface area (Å²) in [5.41, 5.74) is 4.06. The van der Waals surface area contributed by atoms with Crippen LogP contribution in [0.1, 0.15) is 25.7 Å². The number of carboxylic acids is 1. The molecule has 1 heterocycles. The number of nitro groups is 1. The molecule has 27 heavy (non-hydrogen) atoms. The first-order valence-electron chi connectivity index (χ1n) is 8.60. The van der Waals surface area contributed by atoms with Crippen LogP contribution in [0.4, 0.5) is 5.69 Å². The number of hydrogen-bond donors (Lipinski definition) is 2. The smallest absolute Gasteiger partial charge is 0.324 e. The second-order valence-corrected chi connectivity index (χ2v) is 8.57. The lowest BCUT2D eigenvalue weighted by molar-refractivity contribution is -0.387. The van der Waals surface area contributed by atoms with Crippen LogP contribution in [0.25, 0.3) is 0 Å². The van der Waals surface area contributed by atoms with Crippen LogP contribution in [0, 0.1) is 16.0 Å². The summed E-state index contributed by atoms with van der Waals surface area (Å²) in [6.45, 7) is -0.0397. The number of nitrogens with two attached hydrogens (primary N) is 1. The second kappa shape index (κ2) is 8.36. The molecule has 2 unspecified atom stereocenters. The van der Waals surface area contributed by atoms with Gasteiger partial charge in [-0.2, -0.15) is 4.31 Å².